The summed E-state index contributed by atoms with van der Waals surface area (Å²) in [6.07, 6.45) is 1.02. The fraction of sp³-hybridized carbons (Fsp3) is 0.364. The topological polar surface area (TPSA) is 38.4 Å². The number of hydrogen-bond donors (Lipinski definition) is 1. The van der Waals surface area contributed by atoms with Crippen molar-refractivity contribution < 1.29 is 0 Å². The molecule has 0 unspecified atom stereocenters. The number of hydrogen-bond acceptors (Lipinski definition) is 2. The first-order valence-electron chi connectivity index (χ1n) is 4.60. The Labute approximate surface area is 78.5 Å². The van der Waals surface area contributed by atoms with Gasteiger partial charge in [-0.1, -0.05) is 19.1 Å². The summed E-state index contributed by atoms with van der Waals surface area (Å²) in [6, 6.07) is 6.37. The van der Waals surface area contributed by atoms with Crippen molar-refractivity contribution >= 4 is 11.5 Å². The molecule has 68 valence electrons. The van der Waals surface area contributed by atoms with E-state index in [0.717, 1.165) is 17.9 Å². The molecule has 0 radical (unpaired) electrons. The minimum atomic E-state index is 0.384. The lowest BCUT2D eigenvalue weighted by molar-refractivity contribution is 0.746. The van der Waals surface area contributed by atoms with Gasteiger partial charge in [-0.25, -0.2) is 4.99 Å². The molecule has 0 bridgehead atoms. The molecule has 1 atom stereocenters. The number of aryl methyl sites for hydroxylation is 1. The van der Waals surface area contributed by atoms with Gasteiger partial charge in [0.2, 0.25) is 0 Å². The molecular weight excluding hydrogens is 160 g/mol. The van der Waals surface area contributed by atoms with Gasteiger partial charge in [-0.2, -0.15) is 0 Å². The monoisotopic (exact) mass is 174 g/mol. The van der Waals surface area contributed by atoms with Crippen molar-refractivity contribution in [1.82, 2.24) is 0 Å². The van der Waals surface area contributed by atoms with E-state index in [2.05, 4.69) is 37.0 Å². The molecule has 0 saturated carbocycles. The Kier molecular flexibility index (Phi) is 1.83. The first kappa shape index (κ1) is 8.30. The molecule has 2 heteroatoms. The summed E-state index contributed by atoms with van der Waals surface area (Å²) in [5.41, 5.74) is 9.40. The Morgan fingerprint density at radius 1 is 1.46 bits per heavy atom. The molecule has 0 aliphatic carbocycles. The number of nitrogens with two attached hydrogens (primary N) is 1. The molecule has 1 aliphatic rings. The van der Waals surface area contributed by atoms with Gasteiger partial charge in [0.1, 0.15) is 5.84 Å². The van der Waals surface area contributed by atoms with Crippen LogP contribution in [0.1, 0.15) is 18.1 Å². The van der Waals surface area contributed by atoms with Gasteiger partial charge in [-0.05, 0) is 30.5 Å². The first-order valence-corrected chi connectivity index (χ1v) is 4.60. The number of rotatable bonds is 0. The quantitative estimate of drug-likeness (QED) is 0.643. The van der Waals surface area contributed by atoms with Gasteiger partial charge < -0.3 is 5.73 Å². The lowest BCUT2D eigenvalue weighted by Crippen LogP contribution is -2.25. The molecule has 1 aromatic rings. The van der Waals surface area contributed by atoms with E-state index < -0.39 is 0 Å². The van der Waals surface area contributed by atoms with Crippen LogP contribution in [-0.2, 0) is 6.42 Å². The predicted octanol–water partition coefficient (Wildman–Crippen LogP) is 2.18. The van der Waals surface area contributed by atoms with Crippen LogP contribution in [0.4, 0.5) is 5.69 Å². The highest BCUT2D eigenvalue weighted by molar-refractivity contribution is 5.87. The van der Waals surface area contributed by atoms with Crippen LogP contribution in [0.5, 0.6) is 0 Å². The van der Waals surface area contributed by atoms with Crippen molar-refractivity contribution in [2.45, 2.75) is 20.3 Å². The number of benzene rings is 1. The van der Waals surface area contributed by atoms with Crippen LogP contribution in [0.25, 0.3) is 0 Å². The molecule has 1 heterocycles. The van der Waals surface area contributed by atoms with Crippen molar-refractivity contribution in [3.63, 3.8) is 0 Å². The smallest absolute Gasteiger partial charge is 0.103 e. The van der Waals surface area contributed by atoms with E-state index in [1.54, 1.807) is 0 Å². The summed E-state index contributed by atoms with van der Waals surface area (Å²) in [6.45, 7) is 4.19. The van der Waals surface area contributed by atoms with Gasteiger partial charge >= 0.3 is 0 Å². The molecule has 2 nitrogen and oxygen atoms in total. The first-order chi connectivity index (χ1) is 6.16. The summed E-state index contributed by atoms with van der Waals surface area (Å²) in [4.78, 5) is 4.38. The molecule has 0 aromatic heterocycles. The summed E-state index contributed by atoms with van der Waals surface area (Å²) in [7, 11) is 0. The number of fused-ring (bicyclic) bond motifs is 1. The van der Waals surface area contributed by atoms with Gasteiger partial charge in [-0.15, -0.1) is 0 Å². The maximum absolute atomic E-state index is 5.79. The van der Waals surface area contributed by atoms with Crippen molar-refractivity contribution in [3.8, 4) is 0 Å². The van der Waals surface area contributed by atoms with Gasteiger partial charge in [0.15, 0.2) is 0 Å². The largest absolute Gasteiger partial charge is 0.387 e. The van der Waals surface area contributed by atoms with Crippen LogP contribution in [0.2, 0.25) is 0 Å². The van der Waals surface area contributed by atoms with E-state index in [1.807, 2.05) is 0 Å². The highest BCUT2D eigenvalue weighted by Gasteiger charge is 2.16. The lowest BCUT2D eigenvalue weighted by atomic mass is 9.95. The second kappa shape index (κ2) is 2.87. The Hall–Kier alpha value is -1.31. The number of amidine groups is 1. The molecule has 1 aromatic carbocycles. The Morgan fingerprint density at radius 2 is 2.23 bits per heavy atom. The molecule has 0 fully saturated rings. The molecule has 0 amide bonds. The van der Waals surface area contributed by atoms with Gasteiger partial charge in [0.25, 0.3) is 0 Å². The molecule has 1 aliphatic heterocycles. The zero-order valence-corrected chi connectivity index (χ0v) is 8.04. The lowest BCUT2D eigenvalue weighted by Gasteiger charge is -2.18. The van der Waals surface area contributed by atoms with Crippen molar-refractivity contribution in [2.24, 2.45) is 16.6 Å². The molecule has 0 saturated heterocycles. The fourth-order valence-electron chi connectivity index (χ4n) is 1.63. The Morgan fingerprint density at radius 3 is 3.00 bits per heavy atom. The van der Waals surface area contributed by atoms with Crippen LogP contribution in [0.3, 0.4) is 0 Å². The van der Waals surface area contributed by atoms with E-state index in [-0.39, 0.29) is 0 Å². The minimum absolute atomic E-state index is 0.384. The average molecular weight is 174 g/mol. The fourth-order valence-corrected chi connectivity index (χ4v) is 1.63. The maximum Gasteiger partial charge on any atom is 0.103 e. The Bertz CT molecular complexity index is 366. The van der Waals surface area contributed by atoms with Crippen LogP contribution >= 0.6 is 0 Å². The third kappa shape index (κ3) is 1.44. The standard InChI is InChI=1S/C11H14N2/c1-7-3-4-9-6-8(2)11(12)13-10(9)5-7/h3-5,8H,6H2,1-2H3,(H2,12,13)/t8-/m1/s1. The van der Waals surface area contributed by atoms with Crippen molar-refractivity contribution in [1.29, 1.82) is 0 Å². The summed E-state index contributed by atoms with van der Waals surface area (Å²) < 4.78 is 0. The SMILES string of the molecule is Cc1ccc2c(c1)N=C(N)[C@H](C)C2. The zero-order chi connectivity index (χ0) is 9.42. The van der Waals surface area contributed by atoms with Crippen molar-refractivity contribution in [3.05, 3.63) is 29.3 Å². The van der Waals surface area contributed by atoms with Crippen molar-refractivity contribution in [2.75, 3.05) is 0 Å². The predicted molar refractivity (Wildman–Crippen MR) is 55.3 cm³/mol. The third-order valence-corrected chi connectivity index (χ3v) is 2.52. The van der Waals surface area contributed by atoms with E-state index in [1.165, 1.54) is 11.1 Å². The summed E-state index contributed by atoms with van der Waals surface area (Å²) >= 11 is 0. The summed E-state index contributed by atoms with van der Waals surface area (Å²) in [5.74, 6) is 1.15. The highest BCUT2D eigenvalue weighted by Crippen LogP contribution is 2.28. The summed E-state index contributed by atoms with van der Waals surface area (Å²) in [5, 5.41) is 0. The third-order valence-electron chi connectivity index (χ3n) is 2.52. The second-order valence-corrected chi connectivity index (χ2v) is 3.77. The molecule has 0 spiro atoms. The van der Waals surface area contributed by atoms with E-state index in [9.17, 15) is 0 Å². The average Bonchev–Trinajstić information content (AvgIpc) is 2.08. The van der Waals surface area contributed by atoms with E-state index in [4.69, 9.17) is 5.73 Å². The van der Waals surface area contributed by atoms with Crippen LogP contribution in [0, 0.1) is 12.8 Å². The van der Waals surface area contributed by atoms with Crippen LogP contribution in [0.15, 0.2) is 23.2 Å². The minimum Gasteiger partial charge on any atom is -0.387 e. The number of aliphatic imine (C=N–C) groups is 1. The molecular formula is C11H14N2. The van der Waals surface area contributed by atoms with Crippen LogP contribution < -0.4 is 5.73 Å². The van der Waals surface area contributed by atoms with E-state index >= 15 is 0 Å². The Balaban J connectivity index is 2.51. The van der Waals surface area contributed by atoms with Gasteiger partial charge in [0.05, 0.1) is 5.69 Å². The maximum atomic E-state index is 5.79. The van der Waals surface area contributed by atoms with E-state index in [0.29, 0.717) is 5.92 Å². The van der Waals surface area contributed by atoms with Gasteiger partial charge in [0, 0.05) is 5.92 Å². The zero-order valence-electron chi connectivity index (χ0n) is 8.04. The highest BCUT2D eigenvalue weighted by atomic mass is 14.9. The van der Waals surface area contributed by atoms with Gasteiger partial charge in [-0.3, -0.25) is 0 Å². The molecule has 2 rings (SSSR count). The second-order valence-electron chi connectivity index (χ2n) is 3.77. The molecule has 2 N–H and O–H groups in total. The normalized spacial score (nSPS) is 20.8. The number of nitrogens with zero attached hydrogens (tertiary/aromatic N) is 1. The molecule has 13 heavy (non-hydrogen) atoms. The van der Waals surface area contributed by atoms with Crippen LogP contribution in [-0.4, -0.2) is 5.84 Å².